The summed E-state index contributed by atoms with van der Waals surface area (Å²) >= 11 is 0. The summed E-state index contributed by atoms with van der Waals surface area (Å²) in [5, 5.41) is 3.39. The minimum Gasteiger partial charge on any atom is -0.465 e. The van der Waals surface area contributed by atoms with Gasteiger partial charge in [-0.2, -0.15) is 0 Å². The molecule has 0 aromatic heterocycles. The Morgan fingerprint density at radius 3 is 2.13 bits per heavy atom. The van der Waals surface area contributed by atoms with Crippen LogP contribution in [0.15, 0.2) is 0 Å². The second-order valence-electron chi connectivity index (χ2n) is 4.12. The zero-order valence-corrected chi connectivity index (χ0v) is 10.7. The average molecular weight is 215 g/mol. The van der Waals surface area contributed by atoms with Gasteiger partial charge in [0, 0.05) is 5.54 Å². The summed E-state index contributed by atoms with van der Waals surface area (Å²) < 4.78 is 5.03. The Labute approximate surface area is 93.6 Å². The maximum Gasteiger partial charge on any atom is 0.323 e. The Bertz CT molecular complexity index is 188. The SMILES string of the molecule is CCOC(=O)C(CC)NC(C)(CC)CC. The Morgan fingerprint density at radius 2 is 1.80 bits per heavy atom. The van der Waals surface area contributed by atoms with Crippen molar-refractivity contribution in [2.24, 2.45) is 0 Å². The van der Waals surface area contributed by atoms with Gasteiger partial charge in [-0.15, -0.1) is 0 Å². The van der Waals surface area contributed by atoms with E-state index >= 15 is 0 Å². The minimum absolute atomic E-state index is 0.0352. The highest BCUT2D eigenvalue weighted by Crippen LogP contribution is 2.15. The maximum atomic E-state index is 11.6. The molecule has 15 heavy (non-hydrogen) atoms. The summed E-state index contributed by atoms with van der Waals surface area (Å²) in [5.41, 5.74) is 0.0352. The molecule has 90 valence electrons. The molecule has 0 fully saturated rings. The molecule has 1 atom stereocenters. The lowest BCUT2D eigenvalue weighted by Gasteiger charge is -2.32. The van der Waals surface area contributed by atoms with E-state index in [4.69, 9.17) is 4.74 Å². The topological polar surface area (TPSA) is 38.3 Å². The van der Waals surface area contributed by atoms with E-state index in [1.807, 2.05) is 13.8 Å². The fraction of sp³-hybridized carbons (Fsp3) is 0.917. The summed E-state index contributed by atoms with van der Waals surface area (Å²) in [5.74, 6) is -0.131. The normalized spacial score (nSPS) is 13.7. The summed E-state index contributed by atoms with van der Waals surface area (Å²) in [6, 6.07) is -0.171. The summed E-state index contributed by atoms with van der Waals surface area (Å²) in [6.07, 6.45) is 2.80. The second kappa shape index (κ2) is 6.83. The van der Waals surface area contributed by atoms with Crippen LogP contribution >= 0.6 is 0 Å². The number of carbonyl (C=O) groups is 1. The largest absolute Gasteiger partial charge is 0.465 e. The Hall–Kier alpha value is -0.570. The van der Waals surface area contributed by atoms with Crippen molar-refractivity contribution in [1.82, 2.24) is 5.32 Å². The lowest BCUT2D eigenvalue weighted by atomic mass is 9.94. The molecule has 1 unspecified atom stereocenters. The van der Waals surface area contributed by atoms with Crippen molar-refractivity contribution in [2.45, 2.75) is 65.5 Å². The van der Waals surface area contributed by atoms with Gasteiger partial charge in [-0.25, -0.2) is 0 Å². The summed E-state index contributed by atoms with van der Waals surface area (Å²) in [7, 11) is 0. The molecule has 0 aromatic carbocycles. The van der Waals surface area contributed by atoms with E-state index in [0.717, 1.165) is 19.3 Å². The molecule has 0 aliphatic carbocycles. The summed E-state index contributed by atoms with van der Waals surface area (Å²) in [4.78, 5) is 11.6. The van der Waals surface area contributed by atoms with Gasteiger partial charge < -0.3 is 4.74 Å². The first-order valence-electron chi connectivity index (χ1n) is 5.97. The van der Waals surface area contributed by atoms with Gasteiger partial charge in [0.2, 0.25) is 0 Å². The molecule has 3 heteroatoms. The van der Waals surface area contributed by atoms with Gasteiger partial charge in [-0.3, -0.25) is 10.1 Å². The number of ether oxygens (including phenoxy) is 1. The predicted molar refractivity (Wildman–Crippen MR) is 62.8 cm³/mol. The van der Waals surface area contributed by atoms with Crippen molar-refractivity contribution < 1.29 is 9.53 Å². The van der Waals surface area contributed by atoms with Crippen LogP contribution in [0.2, 0.25) is 0 Å². The van der Waals surface area contributed by atoms with E-state index in [1.54, 1.807) is 0 Å². The fourth-order valence-electron chi connectivity index (χ4n) is 1.45. The van der Waals surface area contributed by atoms with Gasteiger partial charge in [0.1, 0.15) is 6.04 Å². The Balaban J connectivity index is 4.36. The van der Waals surface area contributed by atoms with Crippen LogP contribution in [0.4, 0.5) is 0 Å². The van der Waals surface area contributed by atoms with E-state index in [-0.39, 0.29) is 17.6 Å². The van der Waals surface area contributed by atoms with Crippen LogP contribution in [0.1, 0.15) is 53.9 Å². The molecule has 0 rings (SSSR count). The van der Waals surface area contributed by atoms with Crippen LogP contribution < -0.4 is 5.32 Å². The van der Waals surface area contributed by atoms with Crippen LogP contribution in [0.25, 0.3) is 0 Å². The number of carbonyl (C=O) groups excluding carboxylic acids is 1. The van der Waals surface area contributed by atoms with Crippen LogP contribution in [-0.2, 0) is 9.53 Å². The maximum absolute atomic E-state index is 11.6. The van der Waals surface area contributed by atoms with Crippen LogP contribution in [0, 0.1) is 0 Å². The molecule has 0 amide bonds. The first-order chi connectivity index (χ1) is 7.02. The molecule has 0 bridgehead atoms. The van der Waals surface area contributed by atoms with E-state index < -0.39 is 0 Å². The van der Waals surface area contributed by atoms with Crippen molar-refractivity contribution in [2.75, 3.05) is 6.61 Å². The van der Waals surface area contributed by atoms with Gasteiger partial charge in [-0.05, 0) is 33.1 Å². The first-order valence-corrected chi connectivity index (χ1v) is 5.97. The van der Waals surface area contributed by atoms with Crippen LogP contribution in [0.5, 0.6) is 0 Å². The number of esters is 1. The zero-order valence-electron chi connectivity index (χ0n) is 10.7. The number of rotatable bonds is 7. The van der Waals surface area contributed by atoms with Crippen molar-refractivity contribution in [3.05, 3.63) is 0 Å². The van der Waals surface area contributed by atoms with Gasteiger partial charge >= 0.3 is 5.97 Å². The van der Waals surface area contributed by atoms with E-state index in [9.17, 15) is 4.79 Å². The van der Waals surface area contributed by atoms with Gasteiger partial charge in [-0.1, -0.05) is 20.8 Å². The summed E-state index contributed by atoms with van der Waals surface area (Å²) in [6.45, 7) is 10.7. The average Bonchev–Trinajstić information content (AvgIpc) is 2.26. The molecular formula is C12H25NO2. The molecule has 0 saturated carbocycles. The number of hydrogen-bond acceptors (Lipinski definition) is 3. The molecule has 0 heterocycles. The molecule has 3 nitrogen and oxygen atoms in total. The van der Waals surface area contributed by atoms with Crippen LogP contribution in [0.3, 0.4) is 0 Å². The highest BCUT2D eigenvalue weighted by atomic mass is 16.5. The van der Waals surface area contributed by atoms with Crippen molar-refractivity contribution in [1.29, 1.82) is 0 Å². The van der Waals surface area contributed by atoms with E-state index in [1.165, 1.54) is 0 Å². The van der Waals surface area contributed by atoms with E-state index in [2.05, 4.69) is 26.1 Å². The Kier molecular flexibility index (Phi) is 6.57. The van der Waals surface area contributed by atoms with E-state index in [0.29, 0.717) is 6.61 Å². The number of nitrogens with one attached hydrogen (secondary N) is 1. The van der Waals surface area contributed by atoms with Crippen molar-refractivity contribution in [3.8, 4) is 0 Å². The van der Waals surface area contributed by atoms with Gasteiger partial charge in [0.05, 0.1) is 6.61 Å². The standard InChI is InChI=1S/C12H25NO2/c1-6-10(11(14)15-9-4)13-12(5,7-2)8-3/h10,13H,6-9H2,1-5H3. The minimum atomic E-state index is -0.171. The van der Waals surface area contributed by atoms with Gasteiger partial charge in [0.25, 0.3) is 0 Å². The van der Waals surface area contributed by atoms with Crippen molar-refractivity contribution in [3.63, 3.8) is 0 Å². The third-order valence-electron chi connectivity index (χ3n) is 3.06. The third kappa shape index (κ3) is 4.65. The third-order valence-corrected chi connectivity index (χ3v) is 3.06. The molecule has 0 aromatic rings. The zero-order chi connectivity index (χ0) is 11.9. The monoisotopic (exact) mass is 215 g/mol. The smallest absolute Gasteiger partial charge is 0.323 e. The first kappa shape index (κ1) is 14.4. The lowest BCUT2D eigenvalue weighted by molar-refractivity contribution is -0.146. The molecule has 0 spiro atoms. The highest BCUT2D eigenvalue weighted by molar-refractivity contribution is 5.75. The fourth-order valence-corrected chi connectivity index (χ4v) is 1.45. The number of hydrogen-bond donors (Lipinski definition) is 1. The molecular weight excluding hydrogens is 190 g/mol. The molecule has 1 N–H and O–H groups in total. The lowest BCUT2D eigenvalue weighted by Crippen LogP contribution is -2.50. The molecule has 0 aliphatic rings. The highest BCUT2D eigenvalue weighted by Gasteiger charge is 2.27. The Morgan fingerprint density at radius 1 is 1.27 bits per heavy atom. The molecule has 0 saturated heterocycles. The predicted octanol–water partition coefficient (Wildman–Crippen LogP) is 2.50. The molecule has 0 aliphatic heterocycles. The second-order valence-corrected chi connectivity index (χ2v) is 4.12. The van der Waals surface area contributed by atoms with Crippen molar-refractivity contribution >= 4 is 5.97 Å². The van der Waals surface area contributed by atoms with Gasteiger partial charge in [0.15, 0.2) is 0 Å². The quantitative estimate of drug-likeness (QED) is 0.663. The van der Waals surface area contributed by atoms with Crippen LogP contribution in [-0.4, -0.2) is 24.2 Å². The molecule has 0 radical (unpaired) electrons.